The fourth-order valence-electron chi connectivity index (χ4n) is 1.16. The third-order valence-corrected chi connectivity index (χ3v) is 2.01. The molecule has 16 heavy (non-hydrogen) atoms. The van der Waals surface area contributed by atoms with Crippen LogP contribution in [0.2, 0.25) is 0 Å². The van der Waals surface area contributed by atoms with Gasteiger partial charge in [0.15, 0.2) is 0 Å². The molecule has 0 aliphatic heterocycles. The van der Waals surface area contributed by atoms with Crippen LogP contribution in [0.4, 0.5) is 4.79 Å². The van der Waals surface area contributed by atoms with Crippen LogP contribution in [0.15, 0.2) is 0 Å². The van der Waals surface area contributed by atoms with Crippen LogP contribution >= 0.6 is 0 Å². The second kappa shape index (κ2) is 6.44. The van der Waals surface area contributed by atoms with Gasteiger partial charge in [-0.3, -0.25) is 10.1 Å². The van der Waals surface area contributed by atoms with E-state index in [1.54, 1.807) is 6.92 Å². The van der Waals surface area contributed by atoms with Crippen molar-refractivity contribution in [2.45, 2.75) is 39.3 Å². The molecule has 4 N–H and O–H groups in total. The first kappa shape index (κ1) is 14.9. The average molecular weight is 231 g/mol. The Bertz CT molecular complexity index is 254. The molecule has 0 aliphatic rings. The summed E-state index contributed by atoms with van der Waals surface area (Å²) in [6, 6.07) is -1.34. The van der Waals surface area contributed by atoms with Crippen molar-refractivity contribution in [3.8, 4) is 0 Å². The van der Waals surface area contributed by atoms with Gasteiger partial charge < -0.3 is 15.8 Å². The molecule has 6 nitrogen and oxygen atoms in total. The minimum Gasteiger partial charge on any atom is -0.375 e. The van der Waals surface area contributed by atoms with Crippen molar-refractivity contribution in [1.29, 1.82) is 0 Å². The summed E-state index contributed by atoms with van der Waals surface area (Å²) in [7, 11) is 0. The van der Waals surface area contributed by atoms with Gasteiger partial charge in [-0.2, -0.15) is 0 Å². The standard InChI is InChI=1S/C10H21N3O3/c1-5-16-10(3,4)6-12-7(2)8(14)13-9(11)15/h7,12H,5-6H2,1-4H3,(H3,11,13,14,15). The summed E-state index contributed by atoms with van der Waals surface area (Å²) in [5.41, 5.74) is 4.49. The van der Waals surface area contributed by atoms with E-state index in [9.17, 15) is 9.59 Å². The predicted molar refractivity (Wildman–Crippen MR) is 60.9 cm³/mol. The maximum Gasteiger partial charge on any atom is 0.318 e. The molecule has 0 saturated carbocycles. The van der Waals surface area contributed by atoms with Crippen molar-refractivity contribution in [3.05, 3.63) is 0 Å². The quantitative estimate of drug-likeness (QED) is 0.598. The monoisotopic (exact) mass is 231 g/mol. The fourth-order valence-corrected chi connectivity index (χ4v) is 1.16. The first-order valence-corrected chi connectivity index (χ1v) is 5.26. The van der Waals surface area contributed by atoms with Gasteiger partial charge in [0.25, 0.3) is 0 Å². The normalized spacial score (nSPS) is 13.2. The molecule has 0 heterocycles. The summed E-state index contributed by atoms with van der Waals surface area (Å²) in [5.74, 6) is -0.445. The number of imide groups is 1. The van der Waals surface area contributed by atoms with Crippen molar-refractivity contribution in [2.75, 3.05) is 13.2 Å². The Kier molecular flexibility index (Phi) is 5.98. The summed E-state index contributed by atoms with van der Waals surface area (Å²) in [6.45, 7) is 8.51. The highest BCUT2D eigenvalue weighted by molar-refractivity contribution is 5.96. The number of hydrogen-bond acceptors (Lipinski definition) is 4. The Balaban J connectivity index is 4.01. The van der Waals surface area contributed by atoms with Crippen molar-refractivity contribution in [2.24, 2.45) is 5.73 Å². The van der Waals surface area contributed by atoms with Crippen LogP contribution in [0, 0.1) is 0 Å². The summed E-state index contributed by atoms with van der Waals surface area (Å²) >= 11 is 0. The molecule has 0 rings (SSSR count). The highest BCUT2D eigenvalue weighted by Gasteiger charge is 2.21. The van der Waals surface area contributed by atoms with Crippen LogP contribution in [0.25, 0.3) is 0 Å². The number of ether oxygens (including phenoxy) is 1. The lowest BCUT2D eigenvalue weighted by Gasteiger charge is -2.26. The molecule has 0 aromatic carbocycles. The lowest BCUT2D eigenvalue weighted by molar-refractivity contribution is -0.121. The van der Waals surface area contributed by atoms with E-state index >= 15 is 0 Å². The molecule has 6 heteroatoms. The molecule has 0 aromatic heterocycles. The van der Waals surface area contributed by atoms with Gasteiger partial charge >= 0.3 is 6.03 Å². The Morgan fingerprint density at radius 3 is 2.44 bits per heavy atom. The Morgan fingerprint density at radius 1 is 1.44 bits per heavy atom. The zero-order valence-electron chi connectivity index (χ0n) is 10.3. The van der Waals surface area contributed by atoms with Gasteiger partial charge in [0.05, 0.1) is 11.6 Å². The number of primary amides is 1. The summed E-state index contributed by atoms with van der Waals surface area (Å²) < 4.78 is 5.45. The number of urea groups is 1. The predicted octanol–water partition coefficient (Wildman–Crippen LogP) is -0.0255. The molecule has 1 unspecified atom stereocenters. The van der Waals surface area contributed by atoms with E-state index in [-0.39, 0.29) is 5.60 Å². The Labute approximate surface area is 95.9 Å². The van der Waals surface area contributed by atoms with Gasteiger partial charge in [-0.15, -0.1) is 0 Å². The van der Waals surface area contributed by atoms with Crippen molar-refractivity contribution in [1.82, 2.24) is 10.6 Å². The Hall–Kier alpha value is -1.14. The van der Waals surface area contributed by atoms with Gasteiger partial charge in [-0.05, 0) is 27.7 Å². The zero-order valence-corrected chi connectivity index (χ0v) is 10.3. The third-order valence-electron chi connectivity index (χ3n) is 2.01. The summed E-state index contributed by atoms with van der Waals surface area (Å²) in [4.78, 5) is 21.8. The average Bonchev–Trinajstić information content (AvgIpc) is 2.13. The topological polar surface area (TPSA) is 93.4 Å². The maximum absolute atomic E-state index is 11.3. The minimum absolute atomic E-state index is 0.351. The van der Waals surface area contributed by atoms with Gasteiger partial charge in [-0.25, -0.2) is 4.79 Å². The number of hydrogen-bond donors (Lipinski definition) is 3. The number of nitrogens with one attached hydrogen (secondary N) is 2. The molecular weight excluding hydrogens is 210 g/mol. The van der Waals surface area contributed by atoms with Gasteiger partial charge in [0, 0.05) is 13.2 Å². The molecule has 0 radical (unpaired) electrons. The summed E-state index contributed by atoms with van der Waals surface area (Å²) in [6.07, 6.45) is 0. The van der Waals surface area contributed by atoms with Gasteiger partial charge in [0.2, 0.25) is 5.91 Å². The smallest absolute Gasteiger partial charge is 0.318 e. The third kappa shape index (κ3) is 6.36. The highest BCUT2D eigenvalue weighted by atomic mass is 16.5. The summed E-state index contributed by atoms with van der Waals surface area (Å²) in [5, 5.41) is 4.98. The molecule has 94 valence electrons. The van der Waals surface area contributed by atoms with Gasteiger partial charge in [0.1, 0.15) is 0 Å². The first-order valence-electron chi connectivity index (χ1n) is 5.26. The molecule has 0 saturated heterocycles. The highest BCUT2D eigenvalue weighted by Crippen LogP contribution is 2.07. The number of carbonyl (C=O) groups excluding carboxylic acids is 2. The van der Waals surface area contributed by atoms with E-state index in [4.69, 9.17) is 10.5 Å². The van der Waals surface area contributed by atoms with Crippen LogP contribution in [-0.4, -0.2) is 36.7 Å². The number of carbonyl (C=O) groups is 2. The van der Waals surface area contributed by atoms with Crippen molar-refractivity contribution < 1.29 is 14.3 Å². The lowest BCUT2D eigenvalue weighted by Crippen LogP contribution is -2.50. The van der Waals surface area contributed by atoms with Crippen LogP contribution < -0.4 is 16.4 Å². The van der Waals surface area contributed by atoms with Gasteiger partial charge in [-0.1, -0.05) is 0 Å². The maximum atomic E-state index is 11.3. The van der Waals surface area contributed by atoms with E-state index < -0.39 is 18.0 Å². The number of nitrogens with two attached hydrogens (primary N) is 1. The molecule has 0 spiro atoms. The first-order chi connectivity index (χ1) is 7.28. The largest absolute Gasteiger partial charge is 0.375 e. The number of rotatable bonds is 6. The van der Waals surface area contributed by atoms with E-state index in [0.29, 0.717) is 13.2 Å². The second-order valence-corrected chi connectivity index (χ2v) is 4.15. The molecule has 1 atom stereocenters. The molecule has 0 bridgehead atoms. The lowest BCUT2D eigenvalue weighted by atomic mass is 10.1. The fraction of sp³-hybridized carbons (Fsp3) is 0.800. The molecule has 0 fully saturated rings. The van der Waals surface area contributed by atoms with E-state index in [0.717, 1.165) is 0 Å². The van der Waals surface area contributed by atoms with Crippen LogP contribution in [0.5, 0.6) is 0 Å². The second-order valence-electron chi connectivity index (χ2n) is 4.15. The Morgan fingerprint density at radius 2 is 2.00 bits per heavy atom. The van der Waals surface area contributed by atoms with E-state index in [1.807, 2.05) is 26.1 Å². The van der Waals surface area contributed by atoms with Crippen LogP contribution in [0.3, 0.4) is 0 Å². The minimum atomic E-state index is -0.845. The van der Waals surface area contributed by atoms with E-state index in [2.05, 4.69) is 5.32 Å². The van der Waals surface area contributed by atoms with Crippen molar-refractivity contribution >= 4 is 11.9 Å². The van der Waals surface area contributed by atoms with Crippen LogP contribution in [-0.2, 0) is 9.53 Å². The number of amides is 3. The molecular formula is C10H21N3O3. The van der Waals surface area contributed by atoms with Crippen molar-refractivity contribution in [3.63, 3.8) is 0 Å². The molecule has 0 aromatic rings. The molecule has 0 aliphatic carbocycles. The van der Waals surface area contributed by atoms with Crippen LogP contribution in [0.1, 0.15) is 27.7 Å². The molecule has 3 amide bonds. The van der Waals surface area contributed by atoms with E-state index in [1.165, 1.54) is 0 Å². The SMILES string of the molecule is CCOC(C)(C)CNC(C)C(=O)NC(N)=O. The zero-order chi connectivity index (χ0) is 12.8.